The number of nitrogens with zero attached hydrogens (tertiary/aromatic N) is 3. The minimum absolute atomic E-state index is 0.110. The van der Waals surface area contributed by atoms with Crippen molar-refractivity contribution < 1.29 is 0 Å². The lowest BCUT2D eigenvalue weighted by atomic mass is 10.4. The minimum Gasteiger partial charge on any atom is -0.383 e. The number of rotatable bonds is 4. The molecule has 0 bridgehead atoms. The first-order valence-corrected chi connectivity index (χ1v) is 6.37. The second kappa shape index (κ2) is 5.24. The maximum absolute atomic E-state index is 11.8. The fourth-order valence-corrected chi connectivity index (χ4v) is 1.85. The Labute approximate surface area is 115 Å². The van der Waals surface area contributed by atoms with Gasteiger partial charge in [0.2, 0.25) is 0 Å². The molecule has 0 saturated carbocycles. The number of aromatic amines is 1. The van der Waals surface area contributed by atoms with Crippen LogP contribution < -0.4 is 22.3 Å². The quantitative estimate of drug-likeness (QED) is 0.760. The van der Waals surface area contributed by atoms with E-state index in [0.717, 1.165) is 0 Å². The molecule has 0 atom stereocenters. The monoisotopic (exact) mass is 278 g/mol. The van der Waals surface area contributed by atoms with Gasteiger partial charge in [0, 0.05) is 18.8 Å². The van der Waals surface area contributed by atoms with Gasteiger partial charge >= 0.3 is 5.69 Å². The molecule has 2 aromatic rings. The largest absolute Gasteiger partial charge is 0.383 e. The Bertz CT molecular complexity index is 724. The van der Waals surface area contributed by atoms with Gasteiger partial charge < -0.3 is 11.1 Å². The van der Waals surface area contributed by atoms with E-state index >= 15 is 0 Å². The molecule has 2 heterocycles. The van der Waals surface area contributed by atoms with Crippen molar-refractivity contribution in [1.82, 2.24) is 19.3 Å². The van der Waals surface area contributed by atoms with E-state index in [4.69, 9.17) is 5.73 Å². The van der Waals surface area contributed by atoms with E-state index in [0.29, 0.717) is 12.2 Å². The molecule has 0 aliphatic carbocycles. The van der Waals surface area contributed by atoms with Gasteiger partial charge in [-0.2, -0.15) is 5.10 Å². The smallest absolute Gasteiger partial charge is 0.330 e. The third-order valence-corrected chi connectivity index (χ3v) is 2.96. The average molecular weight is 278 g/mol. The molecule has 0 aliphatic heterocycles. The van der Waals surface area contributed by atoms with Gasteiger partial charge in [0.05, 0.1) is 11.9 Å². The fraction of sp³-hybridized carbons (Fsp3) is 0.417. The molecule has 0 saturated heterocycles. The Kier molecular flexibility index (Phi) is 3.64. The summed E-state index contributed by atoms with van der Waals surface area (Å²) in [6.07, 6.45) is 3.37. The van der Waals surface area contributed by atoms with Crippen LogP contribution in [0.4, 0.5) is 17.2 Å². The SMILES string of the molecule is CCn1c(N)c(Nc2cnn(C(C)C)c2)c(=O)[nH]c1=O. The average Bonchev–Trinajstić information content (AvgIpc) is 2.83. The molecule has 8 heteroatoms. The molecule has 108 valence electrons. The third-order valence-electron chi connectivity index (χ3n) is 2.96. The zero-order valence-electron chi connectivity index (χ0n) is 11.7. The predicted octanol–water partition coefficient (Wildman–Crippen LogP) is 0.660. The summed E-state index contributed by atoms with van der Waals surface area (Å²) in [5.74, 6) is 0.110. The van der Waals surface area contributed by atoms with E-state index < -0.39 is 11.2 Å². The van der Waals surface area contributed by atoms with Crippen molar-refractivity contribution in [2.24, 2.45) is 0 Å². The maximum atomic E-state index is 11.8. The Hall–Kier alpha value is -2.51. The van der Waals surface area contributed by atoms with Crippen LogP contribution in [0.5, 0.6) is 0 Å². The molecule has 0 aromatic carbocycles. The summed E-state index contributed by atoms with van der Waals surface area (Å²) in [6, 6.07) is 0.214. The molecule has 0 aliphatic rings. The molecule has 0 fully saturated rings. The molecular formula is C12H18N6O2. The first-order chi connectivity index (χ1) is 9.43. The van der Waals surface area contributed by atoms with Crippen LogP contribution in [0.3, 0.4) is 0 Å². The first-order valence-electron chi connectivity index (χ1n) is 6.37. The lowest BCUT2D eigenvalue weighted by Crippen LogP contribution is -2.33. The Morgan fingerprint density at radius 1 is 1.45 bits per heavy atom. The highest BCUT2D eigenvalue weighted by molar-refractivity contribution is 5.68. The molecule has 2 aromatic heterocycles. The van der Waals surface area contributed by atoms with Crippen LogP contribution in [-0.4, -0.2) is 19.3 Å². The minimum atomic E-state index is -0.547. The van der Waals surface area contributed by atoms with E-state index in [-0.39, 0.29) is 17.5 Å². The highest BCUT2D eigenvalue weighted by Gasteiger charge is 2.12. The van der Waals surface area contributed by atoms with Gasteiger partial charge in [-0.1, -0.05) is 0 Å². The van der Waals surface area contributed by atoms with Gasteiger partial charge in [-0.3, -0.25) is 19.0 Å². The normalized spacial score (nSPS) is 11.0. The fourth-order valence-electron chi connectivity index (χ4n) is 1.85. The van der Waals surface area contributed by atoms with E-state index in [1.54, 1.807) is 24.0 Å². The summed E-state index contributed by atoms with van der Waals surface area (Å²) in [7, 11) is 0. The number of anilines is 3. The predicted molar refractivity (Wildman–Crippen MR) is 77.3 cm³/mol. The summed E-state index contributed by atoms with van der Waals surface area (Å²) >= 11 is 0. The van der Waals surface area contributed by atoms with Crippen molar-refractivity contribution in [2.75, 3.05) is 11.1 Å². The molecule has 2 rings (SSSR count). The molecule has 20 heavy (non-hydrogen) atoms. The highest BCUT2D eigenvalue weighted by atomic mass is 16.2. The van der Waals surface area contributed by atoms with E-state index in [9.17, 15) is 9.59 Å². The molecular weight excluding hydrogens is 260 g/mol. The van der Waals surface area contributed by atoms with Crippen LogP contribution in [0.1, 0.15) is 26.8 Å². The van der Waals surface area contributed by atoms with Crippen molar-refractivity contribution in [1.29, 1.82) is 0 Å². The lowest BCUT2D eigenvalue weighted by molar-refractivity contribution is 0.532. The van der Waals surface area contributed by atoms with Gasteiger partial charge in [0.1, 0.15) is 11.5 Å². The number of nitrogen functional groups attached to an aromatic ring is 1. The Morgan fingerprint density at radius 2 is 2.15 bits per heavy atom. The zero-order chi connectivity index (χ0) is 14.9. The van der Waals surface area contributed by atoms with E-state index in [1.165, 1.54) is 4.57 Å². The Morgan fingerprint density at radius 3 is 2.70 bits per heavy atom. The second-order valence-electron chi connectivity index (χ2n) is 4.69. The van der Waals surface area contributed by atoms with Gasteiger partial charge in [0.15, 0.2) is 0 Å². The molecule has 0 radical (unpaired) electrons. The number of hydrogen-bond donors (Lipinski definition) is 3. The van der Waals surface area contributed by atoms with Crippen molar-refractivity contribution >= 4 is 17.2 Å². The molecule has 8 nitrogen and oxygen atoms in total. The number of hydrogen-bond acceptors (Lipinski definition) is 5. The molecule has 0 spiro atoms. The van der Waals surface area contributed by atoms with Crippen LogP contribution in [-0.2, 0) is 6.54 Å². The van der Waals surface area contributed by atoms with E-state index in [2.05, 4.69) is 15.4 Å². The number of nitrogens with one attached hydrogen (secondary N) is 2. The number of nitrogens with two attached hydrogens (primary N) is 1. The van der Waals surface area contributed by atoms with E-state index in [1.807, 2.05) is 13.8 Å². The van der Waals surface area contributed by atoms with Gasteiger partial charge in [-0.15, -0.1) is 0 Å². The second-order valence-corrected chi connectivity index (χ2v) is 4.69. The lowest BCUT2D eigenvalue weighted by Gasteiger charge is -2.11. The van der Waals surface area contributed by atoms with Crippen LogP contribution in [0.15, 0.2) is 22.0 Å². The number of aromatic nitrogens is 4. The van der Waals surface area contributed by atoms with Gasteiger partial charge in [-0.25, -0.2) is 4.79 Å². The number of H-pyrrole nitrogens is 1. The Balaban J connectivity index is 2.43. The van der Waals surface area contributed by atoms with Crippen LogP contribution in [0.2, 0.25) is 0 Å². The summed E-state index contributed by atoms with van der Waals surface area (Å²) in [5, 5.41) is 7.07. The molecule has 4 N–H and O–H groups in total. The molecule has 0 amide bonds. The van der Waals surface area contributed by atoms with Gasteiger partial charge in [0.25, 0.3) is 5.56 Å². The summed E-state index contributed by atoms with van der Waals surface area (Å²) in [5.41, 5.74) is 5.59. The first kappa shape index (κ1) is 13.9. The highest BCUT2D eigenvalue weighted by Crippen LogP contribution is 2.18. The van der Waals surface area contributed by atoms with Crippen molar-refractivity contribution in [2.45, 2.75) is 33.4 Å². The summed E-state index contributed by atoms with van der Waals surface area (Å²) in [6.45, 7) is 6.14. The van der Waals surface area contributed by atoms with Crippen LogP contribution in [0.25, 0.3) is 0 Å². The van der Waals surface area contributed by atoms with Crippen molar-refractivity contribution in [3.05, 3.63) is 33.2 Å². The summed E-state index contributed by atoms with van der Waals surface area (Å²) in [4.78, 5) is 25.6. The summed E-state index contributed by atoms with van der Waals surface area (Å²) < 4.78 is 3.04. The van der Waals surface area contributed by atoms with Gasteiger partial charge in [-0.05, 0) is 20.8 Å². The van der Waals surface area contributed by atoms with Crippen molar-refractivity contribution in [3.63, 3.8) is 0 Å². The van der Waals surface area contributed by atoms with Crippen molar-refractivity contribution in [3.8, 4) is 0 Å². The standard InChI is InChI=1S/C12H18N6O2/c1-4-17-10(13)9(11(19)16-12(17)20)15-8-5-14-18(6-8)7(2)3/h5-7,15H,4,13H2,1-3H3,(H,16,19,20). The van der Waals surface area contributed by atoms with Crippen LogP contribution >= 0.6 is 0 Å². The zero-order valence-corrected chi connectivity index (χ0v) is 11.7. The van der Waals surface area contributed by atoms with Crippen LogP contribution in [0, 0.1) is 0 Å². The maximum Gasteiger partial charge on any atom is 0.330 e. The topological polar surface area (TPSA) is 111 Å². The third kappa shape index (κ3) is 2.44. The molecule has 0 unspecified atom stereocenters.